The third-order valence-corrected chi connectivity index (χ3v) is 5.77. The summed E-state index contributed by atoms with van der Waals surface area (Å²) in [4.78, 5) is 26.3. The lowest BCUT2D eigenvalue weighted by atomic mass is 10.1. The van der Waals surface area contributed by atoms with E-state index in [1.807, 2.05) is 0 Å². The van der Waals surface area contributed by atoms with Crippen LogP contribution in [0.5, 0.6) is 0 Å². The van der Waals surface area contributed by atoms with E-state index in [0.717, 1.165) is 0 Å². The number of hydrogen-bond donors (Lipinski definition) is 3. The standard InChI is InChI=1S/C19H19N3O5S/c1-11-8-12(19(24)27-3)4-7-17(11)28(25,26)22-14-5-6-15-13(9-14)10-16(21-15)18(23)20-2/h4-10,21-22H,1-3H3,(H,20,23). The van der Waals surface area contributed by atoms with Crippen LogP contribution in [0.25, 0.3) is 10.9 Å². The highest BCUT2D eigenvalue weighted by Crippen LogP contribution is 2.24. The number of ether oxygens (including phenoxy) is 1. The van der Waals surface area contributed by atoms with Crippen LogP contribution < -0.4 is 10.0 Å². The number of hydrogen-bond acceptors (Lipinski definition) is 5. The van der Waals surface area contributed by atoms with Crippen molar-refractivity contribution in [3.8, 4) is 0 Å². The molecule has 0 spiro atoms. The number of rotatable bonds is 5. The first kappa shape index (κ1) is 19.4. The van der Waals surface area contributed by atoms with Crippen LogP contribution in [0, 0.1) is 6.92 Å². The fourth-order valence-electron chi connectivity index (χ4n) is 2.86. The third-order valence-electron chi connectivity index (χ3n) is 4.23. The fourth-order valence-corrected chi connectivity index (χ4v) is 4.14. The Balaban J connectivity index is 1.91. The Morgan fingerprint density at radius 1 is 1.07 bits per heavy atom. The Bertz CT molecular complexity index is 1180. The number of sulfonamides is 1. The van der Waals surface area contributed by atoms with Crippen LogP contribution >= 0.6 is 0 Å². The zero-order valence-electron chi connectivity index (χ0n) is 15.5. The number of aryl methyl sites for hydroxylation is 1. The Morgan fingerprint density at radius 2 is 1.82 bits per heavy atom. The van der Waals surface area contributed by atoms with Gasteiger partial charge in [-0.05, 0) is 55.0 Å². The molecular formula is C19H19N3O5S. The normalized spacial score (nSPS) is 11.2. The average molecular weight is 401 g/mol. The third kappa shape index (κ3) is 3.70. The summed E-state index contributed by atoms with van der Waals surface area (Å²) in [5, 5.41) is 3.22. The maximum Gasteiger partial charge on any atom is 0.337 e. The number of anilines is 1. The quantitative estimate of drug-likeness (QED) is 0.568. The van der Waals surface area contributed by atoms with Gasteiger partial charge in [-0.25, -0.2) is 13.2 Å². The molecule has 2 aromatic carbocycles. The van der Waals surface area contributed by atoms with Gasteiger partial charge in [0, 0.05) is 23.6 Å². The van der Waals surface area contributed by atoms with Crippen LogP contribution in [0.1, 0.15) is 26.4 Å². The monoisotopic (exact) mass is 401 g/mol. The molecule has 1 heterocycles. The van der Waals surface area contributed by atoms with Crippen molar-refractivity contribution < 1.29 is 22.7 Å². The highest BCUT2D eigenvalue weighted by Gasteiger charge is 2.19. The highest BCUT2D eigenvalue weighted by molar-refractivity contribution is 7.92. The number of fused-ring (bicyclic) bond motifs is 1. The van der Waals surface area contributed by atoms with Crippen molar-refractivity contribution in [3.63, 3.8) is 0 Å². The molecule has 3 N–H and O–H groups in total. The summed E-state index contributed by atoms with van der Waals surface area (Å²) >= 11 is 0. The Morgan fingerprint density at radius 3 is 2.46 bits per heavy atom. The number of amides is 1. The van der Waals surface area contributed by atoms with Gasteiger partial charge in [0.2, 0.25) is 0 Å². The van der Waals surface area contributed by atoms with Gasteiger partial charge in [0.1, 0.15) is 5.69 Å². The molecule has 0 bridgehead atoms. The average Bonchev–Trinajstić information content (AvgIpc) is 3.09. The molecule has 0 aliphatic carbocycles. The molecule has 1 amide bonds. The van der Waals surface area contributed by atoms with E-state index in [1.165, 1.54) is 32.4 Å². The molecule has 3 rings (SSSR count). The maximum atomic E-state index is 12.8. The zero-order valence-corrected chi connectivity index (χ0v) is 16.3. The van der Waals surface area contributed by atoms with E-state index in [-0.39, 0.29) is 16.4 Å². The van der Waals surface area contributed by atoms with E-state index in [1.54, 1.807) is 31.2 Å². The van der Waals surface area contributed by atoms with E-state index in [9.17, 15) is 18.0 Å². The first-order valence-electron chi connectivity index (χ1n) is 8.32. The van der Waals surface area contributed by atoms with E-state index < -0.39 is 16.0 Å². The number of carbonyl (C=O) groups excluding carboxylic acids is 2. The molecule has 0 radical (unpaired) electrons. The van der Waals surface area contributed by atoms with Crippen LogP contribution in [-0.4, -0.2) is 39.4 Å². The van der Waals surface area contributed by atoms with E-state index >= 15 is 0 Å². The Hall–Kier alpha value is -3.33. The number of H-pyrrole nitrogens is 1. The molecule has 8 nitrogen and oxygen atoms in total. The lowest BCUT2D eigenvalue weighted by molar-refractivity contribution is 0.0600. The number of esters is 1. The number of aromatic amines is 1. The van der Waals surface area contributed by atoms with Gasteiger partial charge in [-0.2, -0.15) is 0 Å². The molecule has 0 saturated heterocycles. The van der Waals surface area contributed by atoms with Gasteiger partial charge in [0.25, 0.3) is 15.9 Å². The van der Waals surface area contributed by atoms with Crippen LogP contribution in [-0.2, 0) is 14.8 Å². The fraction of sp³-hybridized carbons (Fsp3) is 0.158. The molecular weight excluding hydrogens is 382 g/mol. The van der Waals surface area contributed by atoms with Crippen molar-refractivity contribution in [2.75, 3.05) is 18.9 Å². The van der Waals surface area contributed by atoms with Crippen molar-refractivity contribution in [2.24, 2.45) is 0 Å². The van der Waals surface area contributed by atoms with E-state index in [0.29, 0.717) is 27.8 Å². The van der Waals surface area contributed by atoms with Gasteiger partial charge in [-0.15, -0.1) is 0 Å². The predicted octanol–water partition coefficient (Wildman–Crippen LogP) is 2.42. The molecule has 0 fully saturated rings. The number of aromatic nitrogens is 1. The SMILES string of the molecule is CNC(=O)c1cc2cc(NS(=O)(=O)c3ccc(C(=O)OC)cc3C)ccc2[nH]1. The second-order valence-electron chi connectivity index (χ2n) is 6.14. The molecule has 0 saturated carbocycles. The Kier molecular flexibility index (Phi) is 5.10. The maximum absolute atomic E-state index is 12.8. The van der Waals surface area contributed by atoms with Crippen molar-refractivity contribution in [3.05, 3.63) is 59.3 Å². The number of nitrogens with one attached hydrogen (secondary N) is 3. The van der Waals surface area contributed by atoms with Crippen molar-refractivity contribution in [1.82, 2.24) is 10.3 Å². The smallest absolute Gasteiger partial charge is 0.337 e. The molecule has 0 unspecified atom stereocenters. The van der Waals surface area contributed by atoms with E-state index in [4.69, 9.17) is 0 Å². The van der Waals surface area contributed by atoms with Gasteiger partial charge in [0.15, 0.2) is 0 Å². The molecule has 28 heavy (non-hydrogen) atoms. The molecule has 0 atom stereocenters. The van der Waals surface area contributed by atoms with Crippen LogP contribution in [0.4, 0.5) is 5.69 Å². The van der Waals surface area contributed by atoms with E-state index in [2.05, 4.69) is 19.8 Å². The van der Waals surface area contributed by atoms with Gasteiger partial charge in [0.05, 0.1) is 17.6 Å². The van der Waals surface area contributed by atoms with Gasteiger partial charge < -0.3 is 15.0 Å². The van der Waals surface area contributed by atoms with Gasteiger partial charge in [-0.1, -0.05) is 0 Å². The summed E-state index contributed by atoms with van der Waals surface area (Å²) in [6.07, 6.45) is 0. The molecule has 9 heteroatoms. The minimum Gasteiger partial charge on any atom is -0.465 e. The second-order valence-corrected chi connectivity index (χ2v) is 7.79. The first-order chi connectivity index (χ1) is 13.2. The Labute approximate surface area is 162 Å². The van der Waals surface area contributed by atoms with Crippen LogP contribution in [0.2, 0.25) is 0 Å². The van der Waals surface area contributed by atoms with Crippen molar-refractivity contribution in [1.29, 1.82) is 0 Å². The lowest BCUT2D eigenvalue weighted by Crippen LogP contribution is -2.17. The summed E-state index contributed by atoms with van der Waals surface area (Å²) in [5.41, 5.74) is 2.13. The summed E-state index contributed by atoms with van der Waals surface area (Å²) in [6.45, 7) is 1.60. The first-order valence-corrected chi connectivity index (χ1v) is 9.80. The number of carbonyl (C=O) groups is 2. The minimum atomic E-state index is -3.87. The van der Waals surface area contributed by atoms with Crippen LogP contribution in [0.15, 0.2) is 47.4 Å². The molecule has 1 aromatic heterocycles. The second kappa shape index (κ2) is 7.35. The van der Waals surface area contributed by atoms with Gasteiger partial charge in [-0.3, -0.25) is 9.52 Å². The zero-order chi connectivity index (χ0) is 20.5. The minimum absolute atomic E-state index is 0.0559. The molecule has 0 aliphatic rings. The summed E-state index contributed by atoms with van der Waals surface area (Å²) in [6, 6.07) is 10.8. The van der Waals surface area contributed by atoms with Crippen LogP contribution in [0.3, 0.4) is 0 Å². The largest absolute Gasteiger partial charge is 0.465 e. The molecule has 0 aliphatic heterocycles. The molecule has 146 valence electrons. The van der Waals surface area contributed by atoms with Crippen molar-refractivity contribution >= 4 is 38.5 Å². The van der Waals surface area contributed by atoms with Gasteiger partial charge >= 0.3 is 5.97 Å². The summed E-state index contributed by atoms with van der Waals surface area (Å²) in [5.74, 6) is -0.801. The highest BCUT2D eigenvalue weighted by atomic mass is 32.2. The lowest BCUT2D eigenvalue weighted by Gasteiger charge is -2.11. The summed E-state index contributed by atoms with van der Waals surface area (Å²) in [7, 11) is -1.08. The number of benzene rings is 2. The predicted molar refractivity (Wildman–Crippen MR) is 105 cm³/mol. The summed E-state index contributed by atoms with van der Waals surface area (Å²) < 4.78 is 32.7. The molecule has 3 aromatic rings. The number of methoxy groups -OCH3 is 1. The van der Waals surface area contributed by atoms with Crippen molar-refractivity contribution in [2.45, 2.75) is 11.8 Å². The topological polar surface area (TPSA) is 117 Å².